The lowest BCUT2D eigenvalue weighted by Gasteiger charge is -2.03. The van der Waals surface area contributed by atoms with E-state index in [0.717, 1.165) is 30.2 Å². The van der Waals surface area contributed by atoms with Gasteiger partial charge in [0.2, 0.25) is 0 Å². The molecule has 4 heteroatoms. The van der Waals surface area contributed by atoms with Crippen LogP contribution in [0.4, 0.5) is 0 Å². The highest BCUT2D eigenvalue weighted by Crippen LogP contribution is 2.18. The first-order valence-electron chi connectivity index (χ1n) is 5.45. The number of nitrogens with zero attached hydrogens (tertiary/aromatic N) is 3. The van der Waals surface area contributed by atoms with Crippen molar-refractivity contribution in [2.75, 3.05) is 6.54 Å². The molecule has 0 atom stereocenters. The molecule has 0 bridgehead atoms. The number of nitrogens with one attached hydrogen (secondary N) is 1. The number of benzene rings is 1. The van der Waals surface area contributed by atoms with Crippen LogP contribution in [0, 0.1) is 0 Å². The third kappa shape index (κ3) is 1.85. The molecule has 1 saturated carbocycles. The van der Waals surface area contributed by atoms with Gasteiger partial charge in [0.15, 0.2) is 0 Å². The molecule has 1 aliphatic rings. The highest BCUT2D eigenvalue weighted by molar-refractivity contribution is 5.73. The molecule has 0 radical (unpaired) electrons. The highest BCUT2D eigenvalue weighted by atomic mass is 15.4. The fourth-order valence-electron chi connectivity index (χ4n) is 1.74. The van der Waals surface area contributed by atoms with Gasteiger partial charge in [-0.1, -0.05) is 17.3 Å². The van der Waals surface area contributed by atoms with Crippen LogP contribution in [0.15, 0.2) is 24.3 Å². The Balaban J connectivity index is 1.72. The van der Waals surface area contributed by atoms with Crippen LogP contribution in [0.25, 0.3) is 11.0 Å². The molecule has 3 rings (SSSR count). The van der Waals surface area contributed by atoms with Crippen LogP contribution in [0.5, 0.6) is 0 Å². The molecule has 0 spiro atoms. The number of hydrogen-bond donors (Lipinski definition) is 1. The molecule has 15 heavy (non-hydrogen) atoms. The van der Waals surface area contributed by atoms with Gasteiger partial charge in [0.1, 0.15) is 5.52 Å². The summed E-state index contributed by atoms with van der Waals surface area (Å²) in [6, 6.07) is 8.83. The molecule has 1 aliphatic carbocycles. The lowest BCUT2D eigenvalue weighted by molar-refractivity contribution is 0.550. The van der Waals surface area contributed by atoms with Crippen molar-refractivity contribution >= 4 is 11.0 Å². The van der Waals surface area contributed by atoms with E-state index in [2.05, 4.69) is 21.7 Å². The van der Waals surface area contributed by atoms with Gasteiger partial charge in [0.05, 0.1) is 12.1 Å². The largest absolute Gasteiger partial charge is 0.312 e. The molecule has 1 aromatic carbocycles. The molecule has 1 heterocycles. The van der Waals surface area contributed by atoms with Crippen LogP contribution >= 0.6 is 0 Å². The predicted molar refractivity (Wildman–Crippen MR) is 58.6 cm³/mol. The zero-order chi connectivity index (χ0) is 10.1. The van der Waals surface area contributed by atoms with Crippen molar-refractivity contribution in [3.8, 4) is 0 Å². The van der Waals surface area contributed by atoms with Crippen molar-refractivity contribution in [2.45, 2.75) is 25.4 Å². The summed E-state index contributed by atoms with van der Waals surface area (Å²) in [7, 11) is 0. The average Bonchev–Trinajstić information content (AvgIpc) is 3.00. The molecule has 2 aromatic rings. The third-order valence-corrected chi connectivity index (χ3v) is 2.75. The molecule has 0 amide bonds. The molecular formula is C11H14N4. The summed E-state index contributed by atoms with van der Waals surface area (Å²) < 4.78 is 1.96. The third-order valence-electron chi connectivity index (χ3n) is 2.75. The summed E-state index contributed by atoms with van der Waals surface area (Å²) in [5, 5.41) is 11.7. The van der Waals surface area contributed by atoms with Crippen molar-refractivity contribution in [1.82, 2.24) is 20.3 Å². The van der Waals surface area contributed by atoms with Crippen molar-refractivity contribution in [3.05, 3.63) is 24.3 Å². The Morgan fingerprint density at radius 1 is 1.33 bits per heavy atom. The quantitative estimate of drug-likeness (QED) is 0.809. The second-order valence-electron chi connectivity index (χ2n) is 4.03. The first-order valence-corrected chi connectivity index (χ1v) is 5.45. The van der Waals surface area contributed by atoms with E-state index in [1.807, 2.05) is 22.9 Å². The van der Waals surface area contributed by atoms with Gasteiger partial charge in [-0.05, 0) is 25.0 Å². The SMILES string of the molecule is c1ccc2c(c1)nnn2CCNC1CC1. The van der Waals surface area contributed by atoms with Gasteiger partial charge >= 0.3 is 0 Å². The molecule has 0 saturated heterocycles. The van der Waals surface area contributed by atoms with Crippen LogP contribution in [-0.2, 0) is 6.54 Å². The molecule has 78 valence electrons. The minimum Gasteiger partial charge on any atom is -0.312 e. The summed E-state index contributed by atoms with van der Waals surface area (Å²) in [6.45, 7) is 1.88. The number of hydrogen-bond acceptors (Lipinski definition) is 3. The maximum Gasteiger partial charge on any atom is 0.113 e. The molecule has 0 unspecified atom stereocenters. The van der Waals surface area contributed by atoms with E-state index < -0.39 is 0 Å². The lowest BCUT2D eigenvalue weighted by Crippen LogP contribution is -2.22. The lowest BCUT2D eigenvalue weighted by atomic mass is 10.3. The summed E-state index contributed by atoms with van der Waals surface area (Å²) in [5.41, 5.74) is 2.10. The van der Waals surface area contributed by atoms with Gasteiger partial charge in [-0.2, -0.15) is 0 Å². The molecule has 1 N–H and O–H groups in total. The van der Waals surface area contributed by atoms with Gasteiger partial charge in [0.25, 0.3) is 0 Å². The first-order chi connectivity index (χ1) is 7.43. The topological polar surface area (TPSA) is 42.7 Å². The molecule has 1 fully saturated rings. The van der Waals surface area contributed by atoms with Crippen molar-refractivity contribution < 1.29 is 0 Å². The fourth-order valence-corrected chi connectivity index (χ4v) is 1.74. The van der Waals surface area contributed by atoms with Crippen LogP contribution < -0.4 is 5.32 Å². The summed E-state index contributed by atoms with van der Waals surface area (Å²) >= 11 is 0. The second-order valence-corrected chi connectivity index (χ2v) is 4.03. The van der Waals surface area contributed by atoms with Gasteiger partial charge < -0.3 is 5.32 Å². The number of rotatable bonds is 4. The molecule has 4 nitrogen and oxygen atoms in total. The fraction of sp³-hybridized carbons (Fsp3) is 0.455. The van der Waals surface area contributed by atoms with Crippen LogP contribution in [0.1, 0.15) is 12.8 Å². The standard InChI is InChI=1S/C11H14N4/c1-2-4-11-10(3-1)13-14-15(11)8-7-12-9-5-6-9/h1-4,9,12H,5-8H2. The highest BCUT2D eigenvalue weighted by Gasteiger charge is 2.19. The number of aromatic nitrogens is 3. The van der Waals surface area contributed by atoms with E-state index in [9.17, 15) is 0 Å². The Bertz CT molecular complexity index is 458. The molecule has 1 aromatic heterocycles. The van der Waals surface area contributed by atoms with Gasteiger partial charge in [-0.15, -0.1) is 5.10 Å². The number of fused-ring (bicyclic) bond motifs is 1. The van der Waals surface area contributed by atoms with Crippen LogP contribution in [0.3, 0.4) is 0 Å². The Labute approximate surface area is 88.3 Å². The maximum atomic E-state index is 4.14. The smallest absolute Gasteiger partial charge is 0.113 e. The van der Waals surface area contributed by atoms with E-state index in [-0.39, 0.29) is 0 Å². The summed E-state index contributed by atoms with van der Waals surface area (Å²) in [6.07, 6.45) is 2.66. The Hall–Kier alpha value is -1.42. The Kier molecular flexibility index (Phi) is 2.14. The Morgan fingerprint density at radius 2 is 2.20 bits per heavy atom. The van der Waals surface area contributed by atoms with Crippen molar-refractivity contribution in [1.29, 1.82) is 0 Å². The maximum absolute atomic E-state index is 4.14. The average molecular weight is 202 g/mol. The summed E-state index contributed by atoms with van der Waals surface area (Å²) in [4.78, 5) is 0. The van der Waals surface area contributed by atoms with E-state index in [1.165, 1.54) is 12.8 Å². The van der Waals surface area contributed by atoms with E-state index in [4.69, 9.17) is 0 Å². The monoisotopic (exact) mass is 202 g/mol. The Morgan fingerprint density at radius 3 is 3.07 bits per heavy atom. The first kappa shape index (κ1) is 8.85. The predicted octanol–water partition coefficient (Wildman–Crippen LogP) is 1.18. The van der Waals surface area contributed by atoms with E-state index >= 15 is 0 Å². The zero-order valence-electron chi connectivity index (χ0n) is 8.56. The zero-order valence-corrected chi connectivity index (χ0v) is 8.56. The second kappa shape index (κ2) is 3.62. The van der Waals surface area contributed by atoms with E-state index in [1.54, 1.807) is 0 Å². The van der Waals surface area contributed by atoms with Gasteiger partial charge in [-0.3, -0.25) is 0 Å². The molecule has 0 aliphatic heterocycles. The van der Waals surface area contributed by atoms with Crippen molar-refractivity contribution in [2.24, 2.45) is 0 Å². The van der Waals surface area contributed by atoms with E-state index in [0.29, 0.717) is 0 Å². The minimum atomic E-state index is 0.764. The van der Waals surface area contributed by atoms with Crippen LogP contribution in [0.2, 0.25) is 0 Å². The van der Waals surface area contributed by atoms with Gasteiger partial charge in [0, 0.05) is 12.6 Å². The normalized spacial score (nSPS) is 16.0. The summed E-state index contributed by atoms with van der Waals surface area (Å²) in [5.74, 6) is 0. The number of para-hydroxylation sites is 1. The van der Waals surface area contributed by atoms with Crippen molar-refractivity contribution in [3.63, 3.8) is 0 Å². The molecular weight excluding hydrogens is 188 g/mol. The van der Waals surface area contributed by atoms with Gasteiger partial charge in [-0.25, -0.2) is 4.68 Å². The van der Waals surface area contributed by atoms with Crippen LogP contribution in [-0.4, -0.2) is 27.6 Å². The minimum absolute atomic E-state index is 0.764.